The third-order valence-electron chi connectivity index (χ3n) is 4.17. The summed E-state index contributed by atoms with van der Waals surface area (Å²) in [6.07, 6.45) is 0.641. The lowest BCUT2D eigenvalue weighted by Gasteiger charge is -2.04. The van der Waals surface area contributed by atoms with Crippen LogP contribution in [0.4, 0.5) is 0 Å². The van der Waals surface area contributed by atoms with E-state index in [1.165, 1.54) is 0 Å². The van der Waals surface area contributed by atoms with E-state index in [0.717, 1.165) is 22.1 Å². The topological polar surface area (TPSA) is 56.5 Å². The standard InChI is InChI=1S/C19H14O4/c1-2-22-18(20)11-7-8-13-12(9-11)10-16-14-5-3-4-6-15(14)19(21)23-17(13)16/h3-9H,2,10H2,1H3. The lowest BCUT2D eigenvalue weighted by atomic mass is 10.0. The Hall–Kier alpha value is -2.88. The predicted molar refractivity (Wildman–Crippen MR) is 86.7 cm³/mol. The van der Waals surface area contributed by atoms with E-state index in [9.17, 15) is 9.59 Å². The molecule has 0 bridgehead atoms. The van der Waals surface area contributed by atoms with Gasteiger partial charge in [-0.2, -0.15) is 0 Å². The number of rotatable bonds is 2. The molecule has 0 fully saturated rings. The molecule has 2 aromatic carbocycles. The Morgan fingerprint density at radius 2 is 1.96 bits per heavy atom. The first-order chi connectivity index (χ1) is 11.2. The Kier molecular flexibility index (Phi) is 3.05. The predicted octanol–water partition coefficient (Wildman–Crippen LogP) is 3.54. The first kappa shape index (κ1) is 13.8. The molecular weight excluding hydrogens is 292 g/mol. The quantitative estimate of drug-likeness (QED) is 0.532. The normalized spacial score (nSPS) is 12.0. The zero-order valence-electron chi connectivity index (χ0n) is 12.6. The molecule has 0 amide bonds. The molecule has 0 saturated heterocycles. The van der Waals surface area contributed by atoms with Gasteiger partial charge in [-0.15, -0.1) is 0 Å². The fourth-order valence-corrected chi connectivity index (χ4v) is 3.14. The molecule has 0 radical (unpaired) electrons. The largest absolute Gasteiger partial charge is 0.462 e. The van der Waals surface area contributed by atoms with E-state index >= 15 is 0 Å². The van der Waals surface area contributed by atoms with Crippen molar-refractivity contribution in [3.05, 3.63) is 69.6 Å². The number of ether oxygens (including phenoxy) is 1. The van der Waals surface area contributed by atoms with Gasteiger partial charge in [-0.05, 0) is 36.1 Å². The molecule has 0 saturated carbocycles. The number of fused-ring (bicyclic) bond motifs is 5. The number of benzene rings is 2. The lowest BCUT2D eigenvalue weighted by Crippen LogP contribution is -2.04. The molecule has 1 aromatic heterocycles. The Balaban J connectivity index is 1.89. The van der Waals surface area contributed by atoms with Crippen molar-refractivity contribution in [2.45, 2.75) is 13.3 Å². The van der Waals surface area contributed by atoms with Crippen LogP contribution >= 0.6 is 0 Å². The summed E-state index contributed by atoms with van der Waals surface area (Å²) in [5.74, 6) is 0.275. The molecule has 1 aliphatic carbocycles. The van der Waals surface area contributed by atoms with Gasteiger partial charge >= 0.3 is 11.6 Å². The van der Waals surface area contributed by atoms with Crippen molar-refractivity contribution < 1.29 is 13.9 Å². The molecule has 23 heavy (non-hydrogen) atoms. The third-order valence-corrected chi connectivity index (χ3v) is 4.17. The van der Waals surface area contributed by atoms with Crippen molar-refractivity contribution in [3.8, 4) is 11.3 Å². The summed E-state index contributed by atoms with van der Waals surface area (Å²) < 4.78 is 10.6. The first-order valence-corrected chi connectivity index (χ1v) is 7.54. The number of hydrogen-bond acceptors (Lipinski definition) is 4. The molecule has 4 nitrogen and oxygen atoms in total. The second kappa shape index (κ2) is 5.09. The highest BCUT2D eigenvalue weighted by atomic mass is 16.5. The molecule has 4 heteroatoms. The number of esters is 1. The molecule has 4 rings (SSSR count). The second-order valence-electron chi connectivity index (χ2n) is 5.51. The zero-order valence-corrected chi connectivity index (χ0v) is 12.6. The molecule has 114 valence electrons. The van der Waals surface area contributed by atoms with Crippen LogP contribution in [0.15, 0.2) is 51.7 Å². The minimum atomic E-state index is -0.336. The SMILES string of the molecule is CCOC(=O)c1ccc2c(c1)Cc1c-2oc(=O)c2ccccc12. The Bertz CT molecular complexity index is 998. The summed E-state index contributed by atoms with van der Waals surface area (Å²) in [4.78, 5) is 24.1. The van der Waals surface area contributed by atoms with Gasteiger partial charge in [-0.1, -0.05) is 24.3 Å². The van der Waals surface area contributed by atoms with Gasteiger partial charge in [-0.25, -0.2) is 9.59 Å². The maximum absolute atomic E-state index is 12.2. The highest BCUT2D eigenvalue weighted by Crippen LogP contribution is 2.39. The molecule has 0 unspecified atom stereocenters. The summed E-state index contributed by atoms with van der Waals surface area (Å²) in [7, 11) is 0. The van der Waals surface area contributed by atoms with Crippen LogP contribution in [-0.2, 0) is 11.2 Å². The van der Waals surface area contributed by atoms with Crippen LogP contribution < -0.4 is 5.63 Å². The molecular formula is C19H14O4. The Morgan fingerprint density at radius 3 is 2.74 bits per heavy atom. The average molecular weight is 306 g/mol. The van der Waals surface area contributed by atoms with Crippen molar-refractivity contribution in [1.29, 1.82) is 0 Å². The van der Waals surface area contributed by atoms with Gasteiger partial charge in [0.2, 0.25) is 0 Å². The Morgan fingerprint density at radius 1 is 1.17 bits per heavy atom. The van der Waals surface area contributed by atoms with E-state index in [4.69, 9.17) is 9.15 Å². The fourth-order valence-electron chi connectivity index (χ4n) is 3.14. The maximum atomic E-state index is 12.2. The molecule has 0 N–H and O–H groups in total. The molecule has 0 aliphatic heterocycles. The number of carbonyl (C=O) groups is 1. The van der Waals surface area contributed by atoms with E-state index in [1.54, 1.807) is 19.1 Å². The number of carbonyl (C=O) groups excluding carboxylic acids is 1. The molecule has 3 aromatic rings. The van der Waals surface area contributed by atoms with E-state index in [2.05, 4.69) is 0 Å². The number of hydrogen-bond donors (Lipinski definition) is 0. The van der Waals surface area contributed by atoms with Gasteiger partial charge in [0, 0.05) is 17.5 Å². The summed E-state index contributed by atoms with van der Waals surface area (Å²) in [5.41, 5.74) is 3.03. The van der Waals surface area contributed by atoms with Crippen LogP contribution in [0.5, 0.6) is 0 Å². The van der Waals surface area contributed by atoms with Gasteiger partial charge in [0.25, 0.3) is 0 Å². The summed E-state index contributed by atoms with van der Waals surface area (Å²) >= 11 is 0. The smallest absolute Gasteiger partial charge is 0.344 e. The average Bonchev–Trinajstić information content (AvgIpc) is 2.93. The van der Waals surface area contributed by atoms with Gasteiger partial charge in [-0.3, -0.25) is 0 Å². The van der Waals surface area contributed by atoms with Crippen LogP contribution in [0.25, 0.3) is 22.1 Å². The maximum Gasteiger partial charge on any atom is 0.344 e. The van der Waals surface area contributed by atoms with Gasteiger partial charge in [0.05, 0.1) is 17.6 Å². The van der Waals surface area contributed by atoms with Gasteiger partial charge in [0.15, 0.2) is 0 Å². The van der Waals surface area contributed by atoms with Crippen LogP contribution in [0, 0.1) is 0 Å². The minimum absolute atomic E-state index is 0.332. The van der Waals surface area contributed by atoms with Crippen LogP contribution in [0.2, 0.25) is 0 Å². The highest BCUT2D eigenvalue weighted by molar-refractivity contribution is 5.94. The van der Waals surface area contributed by atoms with E-state index in [-0.39, 0.29) is 11.6 Å². The lowest BCUT2D eigenvalue weighted by molar-refractivity contribution is 0.0526. The van der Waals surface area contributed by atoms with Crippen molar-refractivity contribution in [2.75, 3.05) is 6.61 Å². The Labute approximate surface area is 132 Å². The van der Waals surface area contributed by atoms with Crippen LogP contribution in [0.3, 0.4) is 0 Å². The van der Waals surface area contributed by atoms with Crippen molar-refractivity contribution >= 4 is 16.7 Å². The highest BCUT2D eigenvalue weighted by Gasteiger charge is 2.25. The van der Waals surface area contributed by atoms with Crippen molar-refractivity contribution in [2.24, 2.45) is 0 Å². The van der Waals surface area contributed by atoms with Crippen molar-refractivity contribution in [1.82, 2.24) is 0 Å². The molecule has 1 heterocycles. The van der Waals surface area contributed by atoms with Crippen LogP contribution in [0.1, 0.15) is 28.4 Å². The summed E-state index contributed by atoms with van der Waals surface area (Å²) in [6.45, 7) is 2.12. The first-order valence-electron chi connectivity index (χ1n) is 7.54. The van der Waals surface area contributed by atoms with E-state index in [1.807, 2.05) is 30.3 Å². The van der Waals surface area contributed by atoms with E-state index in [0.29, 0.717) is 29.7 Å². The summed E-state index contributed by atoms with van der Waals surface area (Å²) in [6, 6.07) is 12.8. The van der Waals surface area contributed by atoms with Crippen molar-refractivity contribution in [3.63, 3.8) is 0 Å². The van der Waals surface area contributed by atoms with Gasteiger partial charge < -0.3 is 9.15 Å². The minimum Gasteiger partial charge on any atom is -0.462 e. The van der Waals surface area contributed by atoms with E-state index < -0.39 is 0 Å². The molecule has 1 aliphatic rings. The second-order valence-corrected chi connectivity index (χ2v) is 5.51. The van der Waals surface area contributed by atoms with Gasteiger partial charge in [0.1, 0.15) is 5.76 Å². The molecule has 0 spiro atoms. The zero-order chi connectivity index (χ0) is 16.0. The fraction of sp³-hybridized carbons (Fsp3) is 0.158. The third kappa shape index (κ3) is 2.06. The van der Waals surface area contributed by atoms with Crippen LogP contribution in [-0.4, -0.2) is 12.6 Å². The molecule has 0 atom stereocenters. The monoisotopic (exact) mass is 306 g/mol. The summed E-state index contributed by atoms with van der Waals surface area (Å²) in [5, 5.41) is 1.50.